The first-order chi connectivity index (χ1) is 6.27. The monoisotopic (exact) mass is 179 g/mol. The summed E-state index contributed by atoms with van der Waals surface area (Å²) in [5.41, 5.74) is 5.68. The molecule has 0 saturated heterocycles. The van der Waals surface area contributed by atoms with E-state index in [0.29, 0.717) is 18.1 Å². The third-order valence-electron chi connectivity index (χ3n) is 1.61. The Morgan fingerprint density at radius 3 is 3.08 bits per heavy atom. The normalized spacial score (nSPS) is 12.4. The van der Waals surface area contributed by atoms with Crippen LogP contribution in [0, 0.1) is 12.3 Å². The molecule has 2 N–H and O–H groups in total. The summed E-state index contributed by atoms with van der Waals surface area (Å²) in [7, 11) is 0. The van der Waals surface area contributed by atoms with Crippen LogP contribution in [0.2, 0.25) is 0 Å². The van der Waals surface area contributed by atoms with Crippen LogP contribution in [0.15, 0.2) is 4.52 Å². The van der Waals surface area contributed by atoms with E-state index in [1.54, 1.807) is 0 Å². The number of rotatable bonds is 4. The van der Waals surface area contributed by atoms with Crippen molar-refractivity contribution < 1.29 is 4.52 Å². The van der Waals surface area contributed by atoms with Crippen LogP contribution in [-0.2, 0) is 6.42 Å². The van der Waals surface area contributed by atoms with Crippen molar-refractivity contribution in [3.05, 3.63) is 11.7 Å². The molecule has 1 atom stereocenters. The topological polar surface area (TPSA) is 64.9 Å². The van der Waals surface area contributed by atoms with E-state index in [9.17, 15) is 0 Å². The van der Waals surface area contributed by atoms with E-state index in [2.05, 4.69) is 23.0 Å². The Bertz CT molecular complexity index is 300. The van der Waals surface area contributed by atoms with E-state index in [-0.39, 0.29) is 6.04 Å². The average Bonchev–Trinajstić information content (AvgIpc) is 2.54. The zero-order chi connectivity index (χ0) is 9.68. The molecule has 0 aliphatic heterocycles. The van der Waals surface area contributed by atoms with Crippen LogP contribution in [0.1, 0.15) is 37.5 Å². The first-order valence-electron chi connectivity index (χ1n) is 4.29. The predicted molar refractivity (Wildman–Crippen MR) is 48.7 cm³/mol. The molecular weight excluding hydrogens is 166 g/mol. The van der Waals surface area contributed by atoms with Gasteiger partial charge in [0.05, 0.1) is 6.04 Å². The molecule has 1 rings (SSSR count). The third-order valence-corrected chi connectivity index (χ3v) is 1.61. The number of hydrogen-bond acceptors (Lipinski definition) is 4. The summed E-state index contributed by atoms with van der Waals surface area (Å²) < 4.78 is 4.95. The lowest BCUT2D eigenvalue weighted by Gasteiger charge is -1.98. The number of aromatic nitrogens is 2. The first kappa shape index (κ1) is 9.75. The molecule has 0 saturated carbocycles. The van der Waals surface area contributed by atoms with E-state index in [0.717, 1.165) is 12.8 Å². The van der Waals surface area contributed by atoms with Gasteiger partial charge in [0.2, 0.25) is 5.89 Å². The number of hydrogen-bond donors (Lipinski definition) is 1. The van der Waals surface area contributed by atoms with Gasteiger partial charge in [-0.05, 0) is 6.42 Å². The summed E-state index contributed by atoms with van der Waals surface area (Å²) in [5.74, 6) is 3.59. The highest BCUT2D eigenvalue weighted by atomic mass is 16.5. The zero-order valence-electron chi connectivity index (χ0n) is 7.66. The minimum absolute atomic E-state index is 0.330. The lowest BCUT2D eigenvalue weighted by molar-refractivity contribution is 0.352. The summed E-state index contributed by atoms with van der Waals surface area (Å²) in [6.07, 6.45) is 7.34. The summed E-state index contributed by atoms with van der Waals surface area (Å²) in [6, 6.07) is -0.330. The second-order valence-electron chi connectivity index (χ2n) is 2.81. The highest BCUT2D eigenvalue weighted by Gasteiger charge is 2.12. The van der Waals surface area contributed by atoms with Crippen LogP contribution < -0.4 is 5.73 Å². The molecule has 0 bridgehead atoms. The van der Waals surface area contributed by atoms with Crippen LogP contribution >= 0.6 is 0 Å². The Morgan fingerprint density at radius 1 is 1.69 bits per heavy atom. The molecule has 0 aliphatic rings. The third kappa shape index (κ3) is 2.56. The SMILES string of the molecule is C#CCC(N)c1nc(CCC)no1. The van der Waals surface area contributed by atoms with Crippen LogP contribution in [0.4, 0.5) is 0 Å². The zero-order valence-corrected chi connectivity index (χ0v) is 7.66. The van der Waals surface area contributed by atoms with Gasteiger partial charge in [-0.2, -0.15) is 4.98 Å². The van der Waals surface area contributed by atoms with Gasteiger partial charge < -0.3 is 10.3 Å². The maximum Gasteiger partial charge on any atom is 0.244 e. The van der Waals surface area contributed by atoms with Crippen molar-refractivity contribution in [2.45, 2.75) is 32.2 Å². The molecule has 0 radical (unpaired) electrons. The van der Waals surface area contributed by atoms with Gasteiger partial charge in [0, 0.05) is 12.8 Å². The lowest BCUT2D eigenvalue weighted by Crippen LogP contribution is -2.09. The molecule has 13 heavy (non-hydrogen) atoms. The predicted octanol–water partition coefficient (Wildman–Crippen LogP) is 1.05. The van der Waals surface area contributed by atoms with Crippen LogP contribution in [0.5, 0.6) is 0 Å². The summed E-state index contributed by atoms with van der Waals surface area (Å²) in [5, 5.41) is 3.77. The molecule has 1 aromatic rings. The van der Waals surface area contributed by atoms with Gasteiger partial charge in [-0.25, -0.2) is 0 Å². The van der Waals surface area contributed by atoms with Crippen molar-refractivity contribution in [1.82, 2.24) is 10.1 Å². The summed E-state index contributed by atoms with van der Waals surface area (Å²) in [4.78, 5) is 4.12. The Kier molecular flexibility index (Phi) is 3.47. The fourth-order valence-electron chi connectivity index (χ4n) is 0.958. The average molecular weight is 179 g/mol. The van der Waals surface area contributed by atoms with Gasteiger partial charge in [0.25, 0.3) is 0 Å². The van der Waals surface area contributed by atoms with Crippen molar-refractivity contribution in [2.75, 3.05) is 0 Å². The van der Waals surface area contributed by atoms with Gasteiger partial charge in [0.15, 0.2) is 5.82 Å². The maximum atomic E-state index is 5.68. The van der Waals surface area contributed by atoms with Crippen molar-refractivity contribution >= 4 is 0 Å². The van der Waals surface area contributed by atoms with Crippen LogP contribution in [-0.4, -0.2) is 10.1 Å². The molecule has 0 spiro atoms. The Labute approximate surface area is 77.5 Å². The number of nitrogens with two attached hydrogens (primary N) is 1. The molecule has 0 aromatic carbocycles. The molecule has 1 aromatic heterocycles. The van der Waals surface area contributed by atoms with Gasteiger partial charge in [-0.3, -0.25) is 0 Å². The van der Waals surface area contributed by atoms with Gasteiger partial charge in [-0.15, -0.1) is 12.3 Å². The number of aryl methyl sites for hydroxylation is 1. The van der Waals surface area contributed by atoms with E-state index in [1.807, 2.05) is 0 Å². The second-order valence-corrected chi connectivity index (χ2v) is 2.81. The molecule has 1 heterocycles. The lowest BCUT2D eigenvalue weighted by atomic mass is 10.2. The van der Waals surface area contributed by atoms with E-state index in [1.165, 1.54) is 0 Å². The summed E-state index contributed by atoms with van der Waals surface area (Å²) in [6.45, 7) is 2.05. The van der Waals surface area contributed by atoms with Crippen LogP contribution in [0.3, 0.4) is 0 Å². The second kappa shape index (κ2) is 4.63. The molecule has 0 fully saturated rings. The maximum absolute atomic E-state index is 5.68. The molecule has 70 valence electrons. The van der Waals surface area contributed by atoms with Gasteiger partial charge in [-0.1, -0.05) is 12.1 Å². The van der Waals surface area contributed by atoms with E-state index < -0.39 is 0 Å². The Hall–Kier alpha value is -1.34. The van der Waals surface area contributed by atoms with Crippen molar-refractivity contribution in [1.29, 1.82) is 0 Å². The standard InChI is InChI=1S/C9H13N3O/c1-3-5-7(10)9-11-8(6-4-2)12-13-9/h1,7H,4-6,10H2,2H3. The van der Waals surface area contributed by atoms with Crippen LogP contribution in [0.25, 0.3) is 0 Å². The quantitative estimate of drug-likeness (QED) is 0.701. The molecule has 0 aliphatic carbocycles. The van der Waals surface area contributed by atoms with E-state index in [4.69, 9.17) is 16.7 Å². The fraction of sp³-hybridized carbons (Fsp3) is 0.556. The first-order valence-corrected chi connectivity index (χ1v) is 4.29. The fourth-order valence-corrected chi connectivity index (χ4v) is 0.958. The Morgan fingerprint density at radius 2 is 2.46 bits per heavy atom. The molecule has 4 heteroatoms. The van der Waals surface area contributed by atoms with E-state index >= 15 is 0 Å². The Balaban J connectivity index is 2.63. The highest BCUT2D eigenvalue weighted by Crippen LogP contribution is 2.10. The minimum atomic E-state index is -0.330. The van der Waals surface area contributed by atoms with Gasteiger partial charge >= 0.3 is 0 Å². The highest BCUT2D eigenvalue weighted by molar-refractivity contribution is 4.98. The summed E-state index contributed by atoms with van der Waals surface area (Å²) >= 11 is 0. The number of terminal acetylenes is 1. The van der Waals surface area contributed by atoms with Crippen molar-refractivity contribution in [3.63, 3.8) is 0 Å². The molecule has 4 nitrogen and oxygen atoms in total. The molecule has 1 unspecified atom stereocenters. The largest absolute Gasteiger partial charge is 0.338 e. The smallest absolute Gasteiger partial charge is 0.244 e. The molecular formula is C9H13N3O. The minimum Gasteiger partial charge on any atom is -0.338 e. The molecule has 0 amide bonds. The van der Waals surface area contributed by atoms with Gasteiger partial charge in [0.1, 0.15) is 0 Å². The van der Waals surface area contributed by atoms with Crippen molar-refractivity contribution in [3.8, 4) is 12.3 Å². The number of nitrogens with zero attached hydrogens (tertiary/aromatic N) is 2. The van der Waals surface area contributed by atoms with Crippen molar-refractivity contribution in [2.24, 2.45) is 5.73 Å².